The highest BCUT2D eigenvalue weighted by atomic mass is 35.5. The number of fused-ring (bicyclic) bond motifs is 1. The molecule has 4 heteroatoms. The van der Waals surface area contributed by atoms with Gasteiger partial charge in [-0.05, 0) is 42.8 Å². The van der Waals surface area contributed by atoms with E-state index < -0.39 is 6.10 Å². The van der Waals surface area contributed by atoms with Crippen LogP contribution in [0.25, 0.3) is 0 Å². The minimum Gasteiger partial charge on any atom is -0.494 e. The molecule has 110 valence electrons. The highest BCUT2D eigenvalue weighted by molar-refractivity contribution is 6.30. The molecule has 0 radical (unpaired) electrons. The van der Waals surface area contributed by atoms with E-state index in [1.807, 2.05) is 37.3 Å². The molecule has 0 amide bonds. The van der Waals surface area contributed by atoms with Crippen molar-refractivity contribution in [2.24, 2.45) is 0 Å². The van der Waals surface area contributed by atoms with Crippen LogP contribution < -0.4 is 9.47 Å². The largest absolute Gasteiger partial charge is 0.494 e. The van der Waals surface area contributed by atoms with Gasteiger partial charge in [0.1, 0.15) is 17.6 Å². The summed E-state index contributed by atoms with van der Waals surface area (Å²) in [4.78, 5) is 0. The van der Waals surface area contributed by atoms with E-state index in [0.29, 0.717) is 23.8 Å². The van der Waals surface area contributed by atoms with Crippen LogP contribution >= 0.6 is 11.6 Å². The van der Waals surface area contributed by atoms with Crippen LogP contribution in [0.5, 0.6) is 11.5 Å². The van der Waals surface area contributed by atoms with Crippen molar-refractivity contribution >= 4 is 11.6 Å². The van der Waals surface area contributed by atoms with E-state index in [4.69, 9.17) is 21.1 Å². The summed E-state index contributed by atoms with van der Waals surface area (Å²) in [6, 6.07) is 13.1. The van der Waals surface area contributed by atoms with E-state index in [9.17, 15) is 5.11 Å². The van der Waals surface area contributed by atoms with Crippen LogP contribution in [0.1, 0.15) is 36.7 Å². The monoisotopic (exact) mass is 304 g/mol. The average molecular weight is 305 g/mol. The van der Waals surface area contributed by atoms with Gasteiger partial charge in [-0.3, -0.25) is 0 Å². The number of halogens is 1. The zero-order chi connectivity index (χ0) is 14.8. The first kappa shape index (κ1) is 14.2. The van der Waals surface area contributed by atoms with Crippen molar-refractivity contribution < 1.29 is 14.6 Å². The van der Waals surface area contributed by atoms with Gasteiger partial charge < -0.3 is 14.6 Å². The topological polar surface area (TPSA) is 38.7 Å². The molecule has 1 aliphatic heterocycles. The highest BCUT2D eigenvalue weighted by Crippen LogP contribution is 2.41. The lowest BCUT2D eigenvalue weighted by atomic mass is 9.95. The summed E-state index contributed by atoms with van der Waals surface area (Å²) in [5, 5.41) is 10.9. The molecule has 1 N–H and O–H groups in total. The van der Waals surface area contributed by atoms with Gasteiger partial charge in [0.15, 0.2) is 0 Å². The Balaban J connectivity index is 1.83. The quantitative estimate of drug-likeness (QED) is 0.919. The second-order valence-electron chi connectivity index (χ2n) is 5.04. The Kier molecular flexibility index (Phi) is 4.04. The number of benzene rings is 2. The first-order chi connectivity index (χ1) is 10.2. The van der Waals surface area contributed by atoms with Gasteiger partial charge in [-0.1, -0.05) is 23.7 Å². The molecule has 21 heavy (non-hydrogen) atoms. The van der Waals surface area contributed by atoms with E-state index >= 15 is 0 Å². The maximum atomic E-state index is 10.3. The lowest BCUT2D eigenvalue weighted by Crippen LogP contribution is -2.19. The molecule has 0 aliphatic carbocycles. The van der Waals surface area contributed by atoms with Gasteiger partial charge in [0, 0.05) is 17.0 Å². The molecule has 0 saturated heterocycles. The van der Waals surface area contributed by atoms with E-state index in [1.165, 1.54) is 0 Å². The van der Waals surface area contributed by atoms with Crippen LogP contribution in [0.4, 0.5) is 0 Å². The predicted octanol–water partition coefficient (Wildman–Crippen LogP) is 4.30. The standard InChI is InChI=1S/C17H17ClO3/c1-2-20-13-6-3-11(4-7-13)17-10-15(19)14-9-12(18)5-8-16(14)21-17/h3-9,15,17,19H,2,10H2,1H3/t15-,17?/m1/s1. The summed E-state index contributed by atoms with van der Waals surface area (Å²) in [5.74, 6) is 1.53. The van der Waals surface area contributed by atoms with Crippen LogP contribution in [-0.4, -0.2) is 11.7 Å². The predicted molar refractivity (Wildman–Crippen MR) is 82.0 cm³/mol. The smallest absolute Gasteiger partial charge is 0.127 e. The fraction of sp³-hybridized carbons (Fsp3) is 0.294. The Morgan fingerprint density at radius 3 is 2.71 bits per heavy atom. The first-order valence-corrected chi connectivity index (χ1v) is 7.42. The lowest BCUT2D eigenvalue weighted by Gasteiger charge is -2.30. The second-order valence-corrected chi connectivity index (χ2v) is 5.48. The summed E-state index contributed by atoms with van der Waals surface area (Å²) >= 11 is 5.96. The zero-order valence-corrected chi connectivity index (χ0v) is 12.5. The van der Waals surface area contributed by atoms with E-state index in [0.717, 1.165) is 16.9 Å². The summed E-state index contributed by atoms with van der Waals surface area (Å²) in [6.45, 7) is 2.60. The number of ether oxygens (including phenoxy) is 2. The Hall–Kier alpha value is -1.71. The van der Waals surface area contributed by atoms with E-state index in [1.54, 1.807) is 12.1 Å². The third kappa shape index (κ3) is 2.99. The molecular weight excluding hydrogens is 288 g/mol. The van der Waals surface area contributed by atoms with Gasteiger partial charge in [0.2, 0.25) is 0 Å². The Morgan fingerprint density at radius 2 is 2.00 bits per heavy atom. The molecule has 0 saturated carbocycles. The minimum atomic E-state index is -0.566. The SMILES string of the molecule is CCOc1ccc(C2C[C@@H](O)c3cc(Cl)ccc3O2)cc1. The van der Waals surface area contributed by atoms with Gasteiger partial charge in [0.25, 0.3) is 0 Å². The molecule has 1 aliphatic rings. The zero-order valence-electron chi connectivity index (χ0n) is 11.8. The van der Waals surface area contributed by atoms with Crippen molar-refractivity contribution in [2.45, 2.75) is 25.6 Å². The lowest BCUT2D eigenvalue weighted by molar-refractivity contribution is 0.0657. The molecule has 2 aromatic rings. The van der Waals surface area contributed by atoms with Crippen LogP contribution in [0.3, 0.4) is 0 Å². The van der Waals surface area contributed by atoms with Crippen molar-refractivity contribution in [2.75, 3.05) is 6.61 Å². The number of aliphatic hydroxyl groups is 1. The van der Waals surface area contributed by atoms with E-state index in [2.05, 4.69) is 0 Å². The number of hydrogen-bond donors (Lipinski definition) is 1. The van der Waals surface area contributed by atoms with Crippen molar-refractivity contribution in [1.29, 1.82) is 0 Å². The summed E-state index contributed by atoms with van der Waals surface area (Å²) in [6.07, 6.45) is -0.213. The van der Waals surface area contributed by atoms with Crippen LogP contribution in [0.15, 0.2) is 42.5 Å². The molecule has 1 unspecified atom stereocenters. The van der Waals surface area contributed by atoms with Crippen LogP contribution in [-0.2, 0) is 0 Å². The van der Waals surface area contributed by atoms with Gasteiger partial charge in [0.05, 0.1) is 12.7 Å². The Morgan fingerprint density at radius 1 is 1.24 bits per heavy atom. The van der Waals surface area contributed by atoms with Gasteiger partial charge in [-0.25, -0.2) is 0 Å². The van der Waals surface area contributed by atoms with Gasteiger partial charge >= 0.3 is 0 Å². The van der Waals surface area contributed by atoms with Crippen molar-refractivity contribution in [1.82, 2.24) is 0 Å². The number of rotatable bonds is 3. The van der Waals surface area contributed by atoms with Crippen molar-refractivity contribution in [3.8, 4) is 11.5 Å². The highest BCUT2D eigenvalue weighted by Gasteiger charge is 2.28. The Labute approximate surface area is 129 Å². The molecule has 2 atom stereocenters. The van der Waals surface area contributed by atoms with Gasteiger partial charge in [-0.2, -0.15) is 0 Å². The first-order valence-electron chi connectivity index (χ1n) is 7.04. The normalized spacial score (nSPS) is 20.5. The fourth-order valence-corrected chi connectivity index (χ4v) is 2.75. The number of hydrogen-bond acceptors (Lipinski definition) is 3. The molecule has 1 heterocycles. The molecule has 3 nitrogen and oxygen atoms in total. The van der Waals surface area contributed by atoms with E-state index in [-0.39, 0.29) is 6.10 Å². The average Bonchev–Trinajstić information content (AvgIpc) is 2.49. The second kappa shape index (κ2) is 5.96. The molecule has 0 spiro atoms. The third-order valence-electron chi connectivity index (χ3n) is 3.60. The summed E-state index contributed by atoms with van der Waals surface area (Å²) in [5.41, 5.74) is 1.78. The van der Waals surface area contributed by atoms with Gasteiger partial charge in [-0.15, -0.1) is 0 Å². The van der Waals surface area contributed by atoms with Crippen LogP contribution in [0, 0.1) is 0 Å². The molecule has 2 aromatic carbocycles. The van der Waals surface area contributed by atoms with Crippen molar-refractivity contribution in [3.63, 3.8) is 0 Å². The molecule has 0 aromatic heterocycles. The summed E-state index contributed by atoms with van der Waals surface area (Å²) in [7, 11) is 0. The minimum absolute atomic E-state index is 0.163. The molecule has 3 rings (SSSR count). The fourth-order valence-electron chi connectivity index (χ4n) is 2.57. The molecular formula is C17H17ClO3. The Bertz CT molecular complexity index is 624. The summed E-state index contributed by atoms with van der Waals surface area (Å²) < 4.78 is 11.4. The maximum absolute atomic E-state index is 10.3. The maximum Gasteiger partial charge on any atom is 0.127 e. The molecule has 0 bridgehead atoms. The number of aliphatic hydroxyl groups excluding tert-OH is 1. The van der Waals surface area contributed by atoms with Crippen molar-refractivity contribution in [3.05, 3.63) is 58.6 Å². The third-order valence-corrected chi connectivity index (χ3v) is 3.84. The molecule has 0 fully saturated rings. The van der Waals surface area contributed by atoms with Crippen LogP contribution in [0.2, 0.25) is 5.02 Å².